The van der Waals surface area contributed by atoms with Crippen molar-refractivity contribution in [3.8, 4) is 5.75 Å². The maximum absolute atomic E-state index is 11.8. The molecule has 0 spiro atoms. The fourth-order valence-corrected chi connectivity index (χ4v) is 2.36. The fraction of sp³-hybridized carbons (Fsp3) is 0.364. The predicted octanol–water partition coefficient (Wildman–Crippen LogP) is 2.13. The van der Waals surface area contributed by atoms with Gasteiger partial charge in [0.15, 0.2) is 0 Å². The number of ether oxygens (including phenoxy) is 1. The second-order valence-corrected chi connectivity index (χ2v) is 4.54. The predicted molar refractivity (Wildman–Crippen MR) is 61.3 cm³/mol. The summed E-state index contributed by atoms with van der Waals surface area (Å²) >= 11 is 3.46. The minimum Gasteiger partial charge on any atom is -0.496 e. The third-order valence-corrected chi connectivity index (χ3v) is 3.30. The van der Waals surface area contributed by atoms with Crippen LogP contribution in [0, 0.1) is 0 Å². The van der Waals surface area contributed by atoms with Gasteiger partial charge < -0.3 is 10.1 Å². The monoisotopic (exact) mass is 269 g/mol. The average Bonchev–Trinajstić information content (AvgIpc) is 2.19. The summed E-state index contributed by atoms with van der Waals surface area (Å²) in [5.41, 5.74) is 1.69. The summed E-state index contributed by atoms with van der Waals surface area (Å²) in [5, 5.41) is 2.90. The van der Waals surface area contributed by atoms with Gasteiger partial charge in [0.05, 0.1) is 12.7 Å². The second kappa shape index (κ2) is 3.85. The first-order valence-electron chi connectivity index (χ1n) is 4.79. The molecule has 1 aromatic rings. The van der Waals surface area contributed by atoms with E-state index >= 15 is 0 Å². The Balaban J connectivity index is 2.61. The molecule has 1 atom stereocenters. The van der Waals surface area contributed by atoms with Gasteiger partial charge in [-0.2, -0.15) is 0 Å². The molecular weight excluding hydrogens is 258 g/mol. The summed E-state index contributed by atoms with van der Waals surface area (Å²) in [4.78, 5) is 11.8. The normalized spacial score (nSPS) is 19.4. The van der Waals surface area contributed by atoms with E-state index in [0.29, 0.717) is 11.3 Å². The molecule has 1 unspecified atom stereocenters. The first-order valence-corrected chi connectivity index (χ1v) is 5.59. The van der Waals surface area contributed by atoms with Gasteiger partial charge in [0.25, 0.3) is 5.91 Å². The number of halogens is 1. The van der Waals surface area contributed by atoms with Gasteiger partial charge in [-0.3, -0.25) is 4.79 Å². The molecule has 3 nitrogen and oxygen atoms in total. The molecule has 4 heteroatoms. The van der Waals surface area contributed by atoms with Crippen LogP contribution in [0.3, 0.4) is 0 Å². The molecular formula is C11H12BrNO2. The van der Waals surface area contributed by atoms with Crippen LogP contribution in [0.2, 0.25) is 0 Å². The van der Waals surface area contributed by atoms with Crippen LogP contribution in [0.25, 0.3) is 0 Å². The zero-order valence-electron chi connectivity index (χ0n) is 8.63. The van der Waals surface area contributed by atoms with E-state index in [9.17, 15) is 4.79 Å². The minimum absolute atomic E-state index is 0.0538. The maximum atomic E-state index is 11.8. The maximum Gasteiger partial charge on any atom is 0.255 e. The number of carbonyl (C=O) groups excluding carboxylic acids is 1. The SMILES string of the molecule is COc1ccc(Br)c2c1C(=O)NC(C)C2. The van der Waals surface area contributed by atoms with Crippen molar-refractivity contribution >= 4 is 21.8 Å². The molecule has 0 saturated carbocycles. The summed E-state index contributed by atoms with van der Waals surface area (Å²) in [5.74, 6) is 0.583. The van der Waals surface area contributed by atoms with Gasteiger partial charge in [-0.25, -0.2) is 0 Å². The van der Waals surface area contributed by atoms with Crippen molar-refractivity contribution in [2.75, 3.05) is 7.11 Å². The summed E-state index contributed by atoms with van der Waals surface area (Å²) in [6.07, 6.45) is 0.832. The Hall–Kier alpha value is -1.03. The Morgan fingerprint density at radius 1 is 1.53 bits per heavy atom. The highest BCUT2D eigenvalue weighted by Gasteiger charge is 2.26. The van der Waals surface area contributed by atoms with Crippen LogP contribution in [-0.4, -0.2) is 19.1 Å². The molecule has 15 heavy (non-hydrogen) atoms. The van der Waals surface area contributed by atoms with Gasteiger partial charge >= 0.3 is 0 Å². The topological polar surface area (TPSA) is 38.3 Å². The number of hydrogen-bond acceptors (Lipinski definition) is 2. The van der Waals surface area contributed by atoms with E-state index < -0.39 is 0 Å². The van der Waals surface area contributed by atoms with Crippen LogP contribution in [0.4, 0.5) is 0 Å². The van der Waals surface area contributed by atoms with Crippen LogP contribution in [0.1, 0.15) is 22.8 Å². The van der Waals surface area contributed by atoms with Gasteiger partial charge in [0, 0.05) is 10.5 Å². The van der Waals surface area contributed by atoms with Crippen molar-refractivity contribution in [1.29, 1.82) is 0 Å². The van der Waals surface area contributed by atoms with Crippen LogP contribution in [0.15, 0.2) is 16.6 Å². The molecule has 1 aliphatic heterocycles. The molecule has 1 heterocycles. The number of methoxy groups -OCH3 is 1. The lowest BCUT2D eigenvalue weighted by atomic mass is 9.95. The molecule has 0 fully saturated rings. The summed E-state index contributed by atoms with van der Waals surface area (Å²) < 4.78 is 6.16. The van der Waals surface area contributed by atoms with Crippen molar-refractivity contribution in [3.63, 3.8) is 0 Å². The van der Waals surface area contributed by atoms with E-state index in [0.717, 1.165) is 16.5 Å². The molecule has 1 N–H and O–H groups in total. The molecule has 80 valence electrons. The lowest BCUT2D eigenvalue weighted by Crippen LogP contribution is -2.39. The minimum atomic E-state index is -0.0538. The number of fused-ring (bicyclic) bond motifs is 1. The van der Waals surface area contributed by atoms with Crippen molar-refractivity contribution in [2.24, 2.45) is 0 Å². The number of hydrogen-bond donors (Lipinski definition) is 1. The largest absolute Gasteiger partial charge is 0.496 e. The van der Waals surface area contributed by atoms with Crippen molar-refractivity contribution < 1.29 is 9.53 Å². The van der Waals surface area contributed by atoms with Crippen molar-refractivity contribution in [2.45, 2.75) is 19.4 Å². The van der Waals surface area contributed by atoms with E-state index in [4.69, 9.17) is 4.74 Å². The molecule has 0 aromatic heterocycles. The molecule has 1 amide bonds. The van der Waals surface area contributed by atoms with E-state index in [-0.39, 0.29) is 11.9 Å². The Bertz CT molecular complexity index is 417. The quantitative estimate of drug-likeness (QED) is 0.849. The number of carbonyl (C=O) groups is 1. The average molecular weight is 270 g/mol. The molecule has 2 rings (SSSR count). The Morgan fingerprint density at radius 2 is 2.27 bits per heavy atom. The molecule has 1 aliphatic rings. The van der Waals surface area contributed by atoms with Crippen LogP contribution in [0.5, 0.6) is 5.75 Å². The summed E-state index contributed by atoms with van der Waals surface area (Å²) in [6, 6.07) is 3.90. The standard InChI is InChI=1S/C11H12BrNO2/c1-6-5-7-8(12)3-4-9(15-2)10(7)11(14)13-6/h3-4,6H,5H2,1-2H3,(H,13,14). The van der Waals surface area contributed by atoms with Gasteiger partial charge in [-0.15, -0.1) is 0 Å². The molecule has 0 bridgehead atoms. The smallest absolute Gasteiger partial charge is 0.255 e. The molecule has 0 saturated heterocycles. The second-order valence-electron chi connectivity index (χ2n) is 3.68. The number of benzene rings is 1. The zero-order valence-corrected chi connectivity index (χ0v) is 10.2. The third-order valence-electron chi connectivity index (χ3n) is 2.55. The van der Waals surface area contributed by atoms with Crippen LogP contribution in [-0.2, 0) is 6.42 Å². The fourth-order valence-electron chi connectivity index (χ4n) is 1.87. The third kappa shape index (κ3) is 1.74. The van der Waals surface area contributed by atoms with E-state index in [2.05, 4.69) is 21.2 Å². The number of amides is 1. The Labute approximate surface area is 96.9 Å². The van der Waals surface area contributed by atoms with Crippen molar-refractivity contribution in [1.82, 2.24) is 5.32 Å². The number of rotatable bonds is 1. The highest BCUT2D eigenvalue weighted by Crippen LogP contribution is 2.32. The summed E-state index contributed by atoms with van der Waals surface area (Å²) in [6.45, 7) is 1.99. The van der Waals surface area contributed by atoms with Gasteiger partial charge in [0.1, 0.15) is 5.75 Å². The number of nitrogens with one attached hydrogen (secondary N) is 1. The highest BCUT2D eigenvalue weighted by molar-refractivity contribution is 9.10. The van der Waals surface area contributed by atoms with Crippen LogP contribution < -0.4 is 10.1 Å². The molecule has 0 radical (unpaired) electrons. The van der Waals surface area contributed by atoms with Gasteiger partial charge in [0.2, 0.25) is 0 Å². The van der Waals surface area contributed by atoms with E-state index in [1.54, 1.807) is 13.2 Å². The Kier molecular flexibility index (Phi) is 2.69. The van der Waals surface area contributed by atoms with E-state index in [1.807, 2.05) is 13.0 Å². The highest BCUT2D eigenvalue weighted by atomic mass is 79.9. The first kappa shape index (κ1) is 10.5. The van der Waals surface area contributed by atoms with E-state index in [1.165, 1.54) is 0 Å². The van der Waals surface area contributed by atoms with Crippen molar-refractivity contribution in [3.05, 3.63) is 27.7 Å². The summed E-state index contributed by atoms with van der Waals surface area (Å²) in [7, 11) is 1.58. The zero-order chi connectivity index (χ0) is 11.0. The molecule has 0 aliphatic carbocycles. The Morgan fingerprint density at radius 3 is 2.93 bits per heavy atom. The van der Waals surface area contributed by atoms with Crippen LogP contribution >= 0.6 is 15.9 Å². The lowest BCUT2D eigenvalue weighted by molar-refractivity contribution is 0.0925. The molecule has 1 aromatic carbocycles. The lowest BCUT2D eigenvalue weighted by Gasteiger charge is -2.25. The van der Waals surface area contributed by atoms with Gasteiger partial charge in [-0.05, 0) is 31.0 Å². The first-order chi connectivity index (χ1) is 7.13. The van der Waals surface area contributed by atoms with Gasteiger partial charge in [-0.1, -0.05) is 15.9 Å².